The molecule has 6 nitrogen and oxygen atoms in total. The number of nitrogens with one attached hydrogen (secondary N) is 1. The number of amides is 1. The first-order chi connectivity index (χ1) is 15.1. The number of thiocarbonyl (C=S) groups is 1. The molecule has 2 rings (SSSR count). The number of benzene rings is 2. The minimum absolute atomic E-state index is 0.0932. The van der Waals surface area contributed by atoms with Crippen LogP contribution in [0, 0.1) is 6.57 Å². The lowest BCUT2D eigenvalue weighted by molar-refractivity contribution is -0.274. The maximum atomic E-state index is 13.3. The molecule has 0 heterocycles. The van der Waals surface area contributed by atoms with Crippen LogP contribution in [0.4, 0.5) is 32.0 Å². The highest BCUT2D eigenvalue weighted by Gasteiger charge is 2.37. The summed E-state index contributed by atoms with van der Waals surface area (Å²) in [5.41, 5.74) is 2.48. The monoisotopic (exact) mass is 491 g/mol. The lowest BCUT2D eigenvalue weighted by Crippen LogP contribution is -2.58. The first-order valence-corrected chi connectivity index (χ1v) is 9.25. The number of alkyl halides is 6. The van der Waals surface area contributed by atoms with Crippen LogP contribution in [-0.2, 0) is 6.18 Å². The van der Waals surface area contributed by atoms with E-state index in [1.54, 1.807) is 0 Å². The van der Waals surface area contributed by atoms with E-state index >= 15 is 0 Å². The molecule has 2 aromatic carbocycles. The van der Waals surface area contributed by atoms with Gasteiger partial charge in [-0.25, -0.2) is 4.85 Å². The van der Waals surface area contributed by atoms with Crippen molar-refractivity contribution in [3.8, 4) is 11.5 Å². The number of hydrogen-bond acceptors (Lipinski definition) is 4. The van der Waals surface area contributed by atoms with Gasteiger partial charge in [0.15, 0.2) is 5.69 Å². The van der Waals surface area contributed by atoms with Crippen molar-refractivity contribution in [3.05, 3.63) is 65.0 Å². The molecule has 176 valence electrons. The summed E-state index contributed by atoms with van der Waals surface area (Å²) in [5, 5.41) is 2.40. The van der Waals surface area contributed by atoms with Gasteiger partial charge in [-0.2, -0.15) is 13.2 Å². The molecule has 0 aliphatic rings. The second kappa shape index (κ2) is 9.53. The fourth-order valence-electron chi connectivity index (χ4n) is 2.46. The second-order valence-corrected chi connectivity index (χ2v) is 7.24. The normalized spacial score (nSPS) is 13.4. The lowest BCUT2D eigenvalue weighted by atomic mass is 10.0. The van der Waals surface area contributed by atoms with Gasteiger partial charge < -0.3 is 20.5 Å². The zero-order chi connectivity index (χ0) is 25.0. The summed E-state index contributed by atoms with van der Waals surface area (Å²) < 4.78 is 85.7. The quantitative estimate of drug-likeness (QED) is 0.324. The first kappa shape index (κ1) is 25.7. The van der Waals surface area contributed by atoms with Crippen molar-refractivity contribution in [2.75, 3.05) is 6.61 Å². The third-order valence-electron chi connectivity index (χ3n) is 4.20. The van der Waals surface area contributed by atoms with Crippen molar-refractivity contribution < 1.29 is 40.6 Å². The van der Waals surface area contributed by atoms with E-state index in [0.29, 0.717) is 6.07 Å². The molecule has 0 aliphatic heterocycles. The van der Waals surface area contributed by atoms with Crippen LogP contribution >= 0.6 is 12.2 Å². The van der Waals surface area contributed by atoms with Crippen molar-refractivity contribution >= 4 is 28.8 Å². The molecule has 0 radical (unpaired) electrons. The van der Waals surface area contributed by atoms with E-state index in [9.17, 15) is 31.1 Å². The van der Waals surface area contributed by atoms with E-state index < -0.39 is 47.7 Å². The lowest BCUT2D eigenvalue weighted by Gasteiger charge is -2.30. The van der Waals surface area contributed by atoms with Gasteiger partial charge in [-0.1, -0.05) is 18.3 Å². The van der Waals surface area contributed by atoms with Crippen molar-refractivity contribution in [2.24, 2.45) is 5.73 Å². The number of carbonyl (C=O) groups is 1. The van der Waals surface area contributed by atoms with Crippen LogP contribution in [-0.4, -0.2) is 29.4 Å². The van der Waals surface area contributed by atoms with Crippen LogP contribution in [0.15, 0.2) is 42.5 Å². The van der Waals surface area contributed by atoms with Gasteiger partial charge in [-0.3, -0.25) is 4.79 Å². The Morgan fingerprint density at radius 3 is 2.21 bits per heavy atom. The largest absolute Gasteiger partial charge is 0.573 e. The number of hydrogen-bond donors (Lipinski definition) is 2. The summed E-state index contributed by atoms with van der Waals surface area (Å²) in [6.45, 7) is 7.55. The fraction of sp³-hybridized carbons (Fsp3) is 0.250. The van der Waals surface area contributed by atoms with Crippen LogP contribution in [0.3, 0.4) is 0 Å². The van der Waals surface area contributed by atoms with Crippen molar-refractivity contribution in [1.29, 1.82) is 0 Å². The summed E-state index contributed by atoms with van der Waals surface area (Å²) >= 11 is 4.92. The molecule has 1 atom stereocenters. The van der Waals surface area contributed by atoms with E-state index in [0.717, 1.165) is 36.4 Å². The van der Waals surface area contributed by atoms with Crippen molar-refractivity contribution in [3.63, 3.8) is 0 Å². The molecule has 0 bridgehead atoms. The second-order valence-electron chi connectivity index (χ2n) is 6.80. The number of nitrogens with zero attached hydrogens (tertiary/aromatic N) is 1. The van der Waals surface area contributed by atoms with Crippen LogP contribution in [0.5, 0.6) is 11.5 Å². The van der Waals surface area contributed by atoms with E-state index in [1.807, 2.05) is 0 Å². The fourth-order valence-corrected chi connectivity index (χ4v) is 2.57. The zero-order valence-corrected chi connectivity index (χ0v) is 17.5. The third-order valence-corrected chi connectivity index (χ3v) is 4.65. The molecule has 0 spiro atoms. The van der Waals surface area contributed by atoms with E-state index in [4.69, 9.17) is 29.3 Å². The van der Waals surface area contributed by atoms with Crippen molar-refractivity contribution in [1.82, 2.24) is 5.32 Å². The van der Waals surface area contributed by atoms with Crippen LogP contribution in [0.25, 0.3) is 4.85 Å². The number of carbonyl (C=O) groups excluding carboxylic acids is 1. The summed E-state index contributed by atoms with van der Waals surface area (Å²) in [6.07, 6.45) is -9.73. The standard InChI is InChI=1S/C20H15F6N3O3S/c1-18(17(27)33,10-31-15-8-5-12(28-2)9-14(15)19(21,22)23)29-16(30)11-3-6-13(7-4-11)32-20(24,25)26/h3-9H,10H2,1H3,(H2,27,33)(H,29,30). The smallest absolute Gasteiger partial charge is 0.490 e. The van der Waals surface area contributed by atoms with Crippen LogP contribution < -0.4 is 20.5 Å². The topological polar surface area (TPSA) is 77.9 Å². The van der Waals surface area contributed by atoms with E-state index in [1.165, 1.54) is 6.92 Å². The molecule has 1 amide bonds. The van der Waals surface area contributed by atoms with Gasteiger partial charge in [0.05, 0.1) is 12.1 Å². The highest BCUT2D eigenvalue weighted by atomic mass is 32.1. The number of ether oxygens (including phenoxy) is 2. The van der Waals surface area contributed by atoms with Gasteiger partial charge in [0.25, 0.3) is 5.91 Å². The Labute approximate surface area is 189 Å². The van der Waals surface area contributed by atoms with E-state index in [-0.39, 0.29) is 16.2 Å². The van der Waals surface area contributed by atoms with Gasteiger partial charge in [0.2, 0.25) is 0 Å². The minimum atomic E-state index is -4.91. The summed E-state index contributed by atoms with van der Waals surface area (Å²) in [5.74, 6) is -1.99. The summed E-state index contributed by atoms with van der Waals surface area (Å²) in [6, 6.07) is 6.60. The molecule has 3 N–H and O–H groups in total. The Kier molecular flexibility index (Phi) is 7.43. The molecular weight excluding hydrogens is 476 g/mol. The van der Waals surface area contributed by atoms with Gasteiger partial charge in [-0.15, -0.1) is 13.2 Å². The molecule has 33 heavy (non-hydrogen) atoms. The van der Waals surface area contributed by atoms with Gasteiger partial charge >= 0.3 is 12.5 Å². The number of nitrogens with two attached hydrogens (primary N) is 1. The predicted octanol–water partition coefficient (Wildman–Crippen LogP) is 5.01. The Morgan fingerprint density at radius 2 is 1.73 bits per heavy atom. The highest BCUT2D eigenvalue weighted by Crippen LogP contribution is 2.38. The molecule has 0 fully saturated rings. The molecule has 13 heteroatoms. The number of halogens is 6. The number of rotatable bonds is 7. The maximum absolute atomic E-state index is 13.3. The SMILES string of the molecule is [C-]#[N+]c1ccc(OCC(C)(NC(=O)c2ccc(OC(F)(F)F)cc2)C(N)=S)c(C(F)(F)F)c1. The van der Waals surface area contributed by atoms with Crippen molar-refractivity contribution in [2.45, 2.75) is 25.0 Å². The average Bonchev–Trinajstić information content (AvgIpc) is 2.70. The Bertz CT molecular complexity index is 1080. The van der Waals surface area contributed by atoms with Gasteiger partial charge in [-0.05, 0) is 43.3 Å². The predicted molar refractivity (Wildman–Crippen MR) is 109 cm³/mol. The zero-order valence-electron chi connectivity index (χ0n) is 16.7. The molecule has 0 saturated heterocycles. The molecule has 0 aromatic heterocycles. The van der Waals surface area contributed by atoms with Gasteiger partial charge in [0, 0.05) is 5.56 Å². The summed E-state index contributed by atoms with van der Waals surface area (Å²) in [4.78, 5) is 15.2. The Morgan fingerprint density at radius 1 is 1.12 bits per heavy atom. The molecular formula is C20H15F6N3O3S. The minimum Gasteiger partial charge on any atom is -0.490 e. The summed E-state index contributed by atoms with van der Waals surface area (Å²) in [7, 11) is 0. The molecule has 2 aromatic rings. The Balaban J connectivity index is 2.20. The molecule has 1 unspecified atom stereocenters. The Hall–Kier alpha value is -3.53. The molecule has 0 aliphatic carbocycles. The molecule has 0 saturated carbocycles. The van der Waals surface area contributed by atoms with Crippen LogP contribution in [0.1, 0.15) is 22.8 Å². The van der Waals surface area contributed by atoms with E-state index in [2.05, 4.69) is 14.9 Å². The highest BCUT2D eigenvalue weighted by molar-refractivity contribution is 7.80. The van der Waals surface area contributed by atoms with Gasteiger partial charge in [0.1, 0.15) is 28.6 Å². The maximum Gasteiger partial charge on any atom is 0.573 e. The first-order valence-electron chi connectivity index (χ1n) is 8.84. The average molecular weight is 491 g/mol. The van der Waals surface area contributed by atoms with Crippen LogP contribution in [0.2, 0.25) is 0 Å². The third kappa shape index (κ3) is 6.98.